The predicted octanol–water partition coefficient (Wildman–Crippen LogP) is 3.93. The highest BCUT2D eigenvalue weighted by atomic mass is 35.5. The van der Waals surface area contributed by atoms with Crippen LogP contribution in [0.5, 0.6) is 0 Å². The normalized spacial score (nSPS) is 19.9. The molecule has 0 spiro atoms. The van der Waals surface area contributed by atoms with Gasteiger partial charge in [-0.05, 0) is 38.7 Å². The maximum Gasteiger partial charge on any atom is 0.271 e. The number of nitro groups is 1. The van der Waals surface area contributed by atoms with Crippen molar-refractivity contribution < 1.29 is 9.66 Å². The third-order valence-electron chi connectivity index (χ3n) is 3.51. The zero-order valence-corrected chi connectivity index (χ0v) is 12.4. The van der Waals surface area contributed by atoms with Crippen molar-refractivity contribution in [2.75, 3.05) is 11.9 Å². The number of nitrogens with one attached hydrogen (secondary N) is 1. The Morgan fingerprint density at radius 1 is 1.60 bits per heavy atom. The summed E-state index contributed by atoms with van der Waals surface area (Å²) in [4.78, 5) is 10.3. The van der Waals surface area contributed by atoms with Crippen LogP contribution in [0, 0.1) is 17.0 Å². The first kappa shape index (κ1) is 15.1. The molecule has 0 aromatic heterocycles. The second kappa shape index (κ2) is 6.41. The molecular weight excluding hydrogens is 280 g/mol. The molecule has 0 amide bonds. The Bertz CT molecular complexity index is 478. The Balaban J connectivity index is 2.06. The summed E-state index contributed by atoms with van der Waals surface area (Å²) in [6.07, 6.45) is 3.43. The fourth-order valence-corrected chi connectivity index (χ4v) is 2.86. The SMILES string of the molecule is Cc1cc([N+](=O)[O-])cc(Cl)c1NC(C)CC1CCCO1. The number of hydrogen-bond donors (Lipinski definition) is 1. The molecule has 1 aromatic carbocycles. The summed E-state index contributed by atoms with van der Waals surface area (Å²) in [6, 6.07) is 3.12. The lowest BCUT2D eigenvalue weighted by molar-refractivity contribution is -0.384. The summed E-state index contributed by atoms with van der Waals surface area (Å²) < 4.78 is 5.61. The lowest BCUT2D eigenvalue weighted by Crippen LogP contribution is -2.22. The molecule has 0 aliphatic carbocycles. The van der Waals surface area contributed by atoms with E-state index in [0.717, 1.165) is 37.1 Å². The fourth-order valence-electron chi connectivity index (χ4n) is 2.54. The number of nitrogens with zero attached hydrogens (tertiary/aromatic N) is 1. The summed E-state index contributed by atoms with van der Waals surface area (Å²) in [5, 5.41) is 14.5. The summed E-state index contributed by atoms with van der Waals surface area (Å²) in [5.74, 6) is 0. The number of rotatable bonds is 5. The van der Waals surface area contributed by atoms with Crippen LogP contribution in [0.1, 0.15) is 31.7 Å². The van der Waals surface area contributed by atoms with Crippen LogP contribution in [0.2, 0.25) is 5.02 Å². The van der Waals surface area contributed by atoms with Crippen molar-refractivity contribution >= 4 is 23.0 Å². The number of anilines is 1. The van der Waals surface area contributed by atoms with Gasteiger partial charge in [-0.3, -0.25) is 10.1 Å². The molecule has 2 rings (SSSR count). The summed E-state index contributed by atoms with van der Waals surface area (Å²) in [5.41, 5.74) is 1.57. The fraction of sp³-hybridized carbons (Fsp3) is 0.571. The van der Waals surface area contributed by atoms with Crippen LogP contribution in [-0.2, 0) is 4.74 Å². The molecule has 1 N–H and O–H groups in total. The molecule has 5 nitrogen and oxygen atoms in total. The molecule has 6 heteroatoms. The Morgan fingerprint density at radius 3 is 2.90 bits per heavy atom. The van der Waals surface area contributed by atoms with E-state index in [2.05, 4.69) is 12.2 Å². The molecule has 0 saturated carbocycles. The van der Waals surface area contributed by atoms with Crippen molar-refractivity contribution in [2.45, 2.75) is 45.3 Å². The maximum atomic E-state index is 10.8. The summed E-state index contributed by atoms with van der Waals surface area (Å²) >= 11 is 6.14. The molecule has 2 unspecified atom stereocenters. The van der Waals surface area contributed by atoms with Gasteiger partial charge in [0.15, 0.2) is 0 Å². The average Bonchev–Trinajstić information content (AvgIpc) is 2.86. The van der Waals surface area contributed by atoms with Crippen LogP contribution in [-0.4, -0.2) is 23.7 Å². The van der Waals surface area contributed by atoms with Gasteiger partial charge in [0.2, 0.25) is 0 Å². The van der Waals surface area contributed by atoms with E-state index in [1.54, 1.807) is 0 Å². The monoisotopic (exact) mass is 298 g/mol. The van der Waals surface area contributed by atoms with Crippen molar-refractivity contribution in [3.05, 3.63) is 32.8 Å². The minimum Gasteiger partial charge on any atom is -0.381 e. The zero-order valence-electron chi connectivity index (χ0n) is 11.7. The van der Waals surface area contributed by atoms with E-state index in [4.69, 9.17) is 16.3 Å². The molecular formula is C14H19ClN2O3. The van der Waals surface area contributed by atoms with Crippen molar-refractivity contribution in [1.82, 2.24) is 0 Å². The van der Waals surface area contributed by atoms with Crippen molar-refractivity contribution in [3.63, 3.8) is 0 Å². The molecule has 0 bridgehead atoms. The van der Waals surface area contributed by atoms with E-state index in [9.17, 15) is 10.1 Å². The highest BCUT2D eigenvalue weighted by molar-refractivity contribution is 6.33. The molecule has 0 radical (unpaired) electrons. The number of hydrogen-bond acceptors (Lipinski definition) is 4. The topological polar surface area (TPSA) is 64.4 Å². The van der Waals surface area contributed by atoms with Crippen LogP contribution in [0.4, 0.5) is 11.4 Å². The van der Waals surface area contributed by atoms with E-state index in [-0.39, 0.29) is 11.7 Å². The minimum atomic E-state index is -0.432. The van der Waals surface area contributed by atoms with Crippen LogP contribution in [0.15, 0.2) is 12.1 Å². The Labute approximate surface area is 123 Å². The van der Waals surface area contributed by atoms with Gasteiger partial charge < -0.3 is 10.1 Å². The maximum absolute atomic E-state index is 10.8. The molecule has 20 heavy (non-hydrogen) atoms. The molecule has 2 atom stereocenters. The van der Waals surface area contributed by atoms with Crippen molar-refractivity contribution in [2.24, 2.45) is 0 Å². The van der Waals surface area contributed by atoms with Crippen LogP contribution < -0.4 is 5.32 Å². The van der Waals surface area contributed by atoms with Crippen molar-refractivity contribution in [3.8, 4) is 0 Å². The third kappa shape index (κ3) is 3.61. The molecule has 1 heterocycles. The first-order valence-electron chi connectivity index (χ1n) is 6.80. The molecule has 1 saturated heterocycles. The molecule has 1 aromatic rings. The van der Waals surface area contributed by atoms with Crippen molar-refractivity contribution in [1.29, 1.82) is 0 Å². The summed E-state index contributed by atoms with van der Waals surface area (Å²) in [6.45, 7) is 4.73. The van der Waals surface area contributed by atoms with Gasteiger partial charge in [0.1, 0.15) is 0 Å². The predicted molar refractivity (Wildman–Crippen MR) is 79.5 cm³/mol. The van der Waals surface area contributed by atoms with Crippen LogP contribution >= 0.6 is 11.6 Å². The molecule has 110 valence electrons. The minimum absolute atomic E-state index is 0.0184. The van der Waals surface area contributed by atoms with Gasteiger partial charge in [-0.2, -0.15) is 0 Å². The molecule has 1 fully saturated rings. The van der Waals surface area contributed by atoms with Gasteiger partial charge >= 0.3 is 0 Å². The van der Waals surface area contributed by atoms with Crippen LogP contribution in [0.3, 0.4) is 0 Å². The number of benzene rings is 1. The van der Waals surface area contributed by atoms with E-state index in [1.807, 2.05) is 6.92 Å². The van der Waals surface area contributed by atoms with Gasteiger partial charge in [0.25, 0.3) is 5.69 Å². The standard InChI is InChI=1S/C14H19ClN2O3/c1-9-6-11(17(18)19)8-13(15)14(9)16-10(2)7-12-4-3-5-20-12/h6,8,10,12,16H,3-5,7H2,1-2H3. The lowest BCUT2D eigenvalue weighted by Gasteiger charge is -2.20. The number of aryl methyl sites for hydroxylation is 1. The quantitative estimate of drug-likeness (QED) is 0.661. The highest BCUT2D eigenvalue weighted by Crippen LogP contribution is 2.32. The first-order valence-corrected chi connectivity index (χ1v) is 7.18. The second-order valence-electron chi connectivity index (χ2n) is 5.29. The van der Waals surface area contributed by atoms with E-state index in [0.29, 0.717) is 11.1 Å². The Hall–Kier alpha value is -1.33. The van der Waals surface area contributed by atoms with Gasteiger partial charge in [0.05, 0.1) is 21.7 Å². The summed E-state index contributed by atoms with van der Waals surface area (Å²) in [7, 11) is 0. The van der Waals surface area contributed by atoms with Gasteiger partial charge in [-0.1, -0.05) is 11.6 Å². The number of nitro benzene ring substituents is 1. The first-order chi connectivity index (χ1) is 9.47. The molecule has 1 aliphatic rings. The Morgan fingerprint density at radius 2 is 2.35 bits per heavy atom. The largest absolute Gasteiger partial charge is 0.381 e. The number of non-ortho nitro benzene ring substituents is 1. The van der Waals surface area contributed by atoms with E-state index in [1.165, 1.54) is 12.1 Å². The smallest absolute Gasteiger partial charge is 0.271 e. The average molecular weight is 299 g/mol. The number of ether oxygens (including phenoxy) is 1. The Kier molecular flexibility index (Phi) is 4.83. The molecule has 1 aliphatic heterocycles. The highest BCUT2D eigenvalue weighted by Gasteiger charge is 2.20. The third-order valence-corrected chi connectivity index (χ3v) is 3.81. The second-order valence-corrected chi connectivity index (χ2v) is 5.70. The van der Waals surface area contributed by atoms with Gasteiger partial charge in [-0.15, -0.1) is 0 Å². The lowest BCUT2D eigenvalue weighted by atomic mass is 10.1. The van der Waals surface area contributed by atoms with E-state index >= 15 is 0 Å². The number of halogens is 1. The zero-order chi connectivity index (χ0) is 14.7. The van der Waals surface area contributed by atoms with Gasteiger partial charge in [0, 0.05) is 24.8 Å². The van der Waals surface area contributed by atoms with Gasteiger partial charge in [-0.25, -0.2) is 0 Å². The van der Waals surface area contributed by atoms with Crippen LogP contribution in [0.25, 0.3) is 0 Å². The van der Waals surface area contributed by atoms with E-state index < -0.39 is 4.92 Å².